The predicted octanol–water partition coefficient (Wildman–Crippen LogP) is 3.79. The van der Waals surface area contributed by atoms with Crippen molar-refractivity contribution in [3.05, 3.63) is 58.8 Å². The fraction of sp³-hybridized carbons (Fsp3) is 0.286. The molecule has 0 N–H and O–H groups in total. The number of amides is 1. The number of carbonyl (C=O) groups is 1. The van der Waals surface area contributed by atoms with E-state index in [1.165, 1.54) is 6.07 Å². The Balaban J connectivity index is 0.00000256. The van der Waals surface area contributed by atoms with Gasteiger partial charge in [-0.3, -0.25) is 9.69 Å². The Morgan fingerprint density at radius 2 is 1.87 bits per heavy atom. The van der Waals surface area contributed by atoms with Crippen LogP contribution >= 0.6 is 24.0 Å². The van der Waals surface area contributed by atoms with Gasteiger partial charge in [-0.2, -0.15) is 0 Å². The second kappa shape index (κ2) is 8.59. The highest BCUT2D eigenvalue weighted by molar-refractivity contribution is 7.91. The topological polar surface area (TPSA) is 70.8 Å². The lowest BCUT2D eigenvalue weighted by Gasteiger charge is -2.26. The Hall–Kier alpha value is -2.06. The molecule has 0 bridgehead atoms. The third-order valence-electron chi connectivity index (χ3n) is 5.16. The second-order valence-electron chi connectivity index (χ2n) is 7.35. The first-order valence-corrected chi connectivity index (χ1v) is 11.1. The molecule has 2 heterocycles. The summed E-state index contributed by atoms with van der Waals surface area (Å²) < 4.78 is 32.1. The van der Waals surface area contributed by atoms with E-state index in [0.717, 1.165) is 11.3 Å². The molecule has 0 saturated heterocycles. The SMILES string of the molecule is CN(C)C(=O)CN1CCc2oc3c(Cl)cc(S(=O)(=O)c4ccccc4)cc3c2C1.Cl. The highest BCUT2D eigenvalue weighted by Crippen LogP contribution is 2.37. The molecule has 0 fully saturated rings. The Morgan fingerprint density at radius 3 is 2.53 bits per heavy atom. The van der Waals surface area contributed by atoms with E-state index in [-0.39, 0.29) is 33.1 Å². The monoisotopic (exact) mass is 468 g/mol. The summed E-state index contributed by atoms with van der Waals surface area (Å²) in [6.07, 6.45) is 0.641. The van der Waals surface area contributed by atoms with Gasteiger partial charge in [0.05, 0.1) is 21.4 Å². The van der Waals surface area contributed by atoms with Crippen LogP contribution in [-0.4, -0.2) is 51.3 Å². The maximum absolute atomic E-state index is 13.1. The summed E-state index contributed by atoms with van der Waals surface area (Å²) >= 11 is 6.41. The minimum Gasteiger partial charge on any atom is -0.459 e. The van der Waals surface area contributed by atoms with Gasteiger partial charge in [-0.15, -0.1) is 12.4 Å². The lowest BCUT2D eigenvalue weighted by Crippen LogP contribution is -2.39. The maximum atomic E-state index is 13.1. The van der Waals surface area contributed by atoms with Crippen molar-refractivity contribution in [2.75, 3.05) is 27.2 Å². The number of halogens is 2. The van der Waals surface area contributed by atoms with Gasteiger partial charge < -0.3 is 9.32 Å². The number of hydrogen-bond donors (Lipinski definition) is 0. The van der Waals surface area contributed by atoms with Gasteiger partial charge in [-0.05, 0) is 24.3 Å². The van der Waals surface area contributed by atoms with Crippen LogP contribution in [0.4, 0.5) is 0 Å². The van der Waals surface area contributed by atoms with Gasteiger partial charge in [-0.1, -0.05) is 29.8 Å². The molecule has 160 valence electrons. The zero-order valence-corrected chi connectivity index (χ0v) is 19.0. The first kappa shape index (κ1) is 22.6. The number of furan rings is 1. The van der Waals surface area contributed by atoms with Crippen molar-refractivity contribution >= 4 is 50.7 Å². The van der Waals surface area contributed by atoms with Crippen molar-refractivity contribution in [3.8, 4) is 0 Å². The molecular weight excluding hydrogens is 447 g/mol. The van der Waals surface area contributed by atoms with Gasteiger partial charge in [0.15, 0.2) is 5.58 Å². The number of likely N-dealkylation sites (N-methyl/N-ethyl adjacent to an activating group) is 1. The van der Waals surface area contributed by atoms with Crippen LogP contribution in [0.1, 0.15) is 11.3 Å². The first-order chi connectivity index (χ1) is 13.8. The maximum Gasteiger partial charge on any atom is 0.236 e. The molecule has 0 spiro atoms. The summed E-state index contributed by atoms with van der Waals surface area (Å²) in [5, 5.41) is 0.950. The van der Waals surface area contributed by atoms with E-state index < -0.39 is 9.84 Å². The molecule has 1 amide bonds. The number of hydrogen-bond acceptors (Lipinski definition) is 5. The summed E-state index contributed by atoms with van der Waals surface area (Å²) in [4.78, 5) is 16.0. The van der Waals surface area contributed by atoms with E-state index in [1.807, 2.05) is 4.90 Å². The Kier molecular flexibility index (Phi) is 6.48. The molecule has 0 saturated carbocycles. The number of nitrogens with zero attached hydrogens (tertiary/aromatic N) is 2. The van der Waals surface area contributed by atoms with Crippen LogP contribution in [0, 0.1) is 0 Å². The summed E-state index contributed by atoms with van der Waals surface area (Å²) in [6, 6.07) is 11.3. The molecule has 2 aromatic carbocycles. The average Bonchev–Trinajstić information content (AvgIpc) is 3.07. The predicted molar refractivity (Wildman–Crippen MR) is 118 cm³/mol. The quantitative estimate of drug-likeness (QED) is 0.582. The van der Waals surface area contributed by atoms with Crippen molar-refractivity contribution in [1.82, 2.24) is 9.80 Å². The van der Waals surface area contributed by atoms with E-state index in [1.54, 1.807) is 55.4 Å². The number of benzene rings is 2. The third kappa shape index (κ3) is 4.07. The Morgan fingerprint density at radius 1 is 1.17 bits per heavy atom. The number of carbonyl (C=O) groups excluding carboxylic acids is 1. The van der Waals surface area contributed by atoms with Crippen LogP contribution in [0.15, 0.2) is 56.7 Å². The number of fused-ring (bicyclic) bond motifs is 3. The van der Waals surface area contributed by atoms with Gasteiger partial charge in [0, 0.05) is 44.6 Å². The molecule has 0 unspecified atom stereocenters. The molecule has 4 rings (SSSR count). The molecule has 0 atom stereocenters. The first-order valence-electron chi connectivity index (χ1n) is 9.24. The fourth-order valence-corrected chi connectivity index (χ4v) is 5.18. The molecule has 9 heteroatoms. The summed E-state index contributed by atoms with van der Waals surface area (Å²) in [6.45, 7) is 1.50. The number of rotatable bonds is 4. The van der Waals surface area contributed by atoms with Crippen LogP contribution in [-0.2, 0) is 27.6 Å². The van der Waals surface area contributed by atoms with Crippen LogP contribution in [0.25, 0.3) is 11.0 Å². The zero-order chi connectivity index (χ0) is 20.8. The lowest BCUT2D eigenvalue weighted by atomic mass is 10.0. The second-order valence-corrected chi connectivity index (χ2v) is 9.71. The van der Waals surface area contributed by atoms with Crippen LogP contribution in [0.2, 0.25) is 5.02 Å². The van der Waals surface area contributed by atoms with Crippen LogP contribution in [0.3, 0.4) is 0 Å². The summed E-state index contributed by atoms with van der Waals surface area (Å²) in [5.41, 5.74) is 1.38. The molecule has 3 aromatic rings. The standard InChI is InChI=1S/C21H21ClN2O4S.ClH/c1-23(2)20(25)13-24-9-8-19-17(12-24)16-10-15(11-18(22)21(16)28-19)29(26,27)14-6-4-3-5-7-14;/h3-7,10-11H,8-9,12-13H2,1-2H3;1H. The van der Waals surface area contributed by atoms with Crippen molar-refractivity contribution < 1.29 is 17.6 Å². The van der Waals surface area contributed by atoms with Crippen molar-refractivity contribution in [2.45, 2.75) is 22.8 Å². The Labute approximate surface area is 186 Å². The highest BCUT2D eigenvalue weighted by atomic mass is 35.5. The van der Waals surface area contributed by atoms with Gasteiger partial charge in [0.1, 0.15) is 5.76 Å². The molecule has 1 aromatic heterocycles. The molecule has 0 radical (unpaired) electrons. The fourth-order valence-electron chi connectivity index (χ4n) is 3.53. The van der Waals surface area contributed by atoms with Gasteiger partial charge in [-0.25, -0.2) is 8.42 Å². The van der Waals surface area contributed by atoms with Crippen molar-refractivity contribution in [2.24, 2.45) is 0 Å². The molecule has 0 aliphatic carbocycles. The van der Waals surface area contributed by atoms with E-state index in [0.29, 0.717) is 37.0 Å². The largest absolute Gasteiger partial charge is 0.459 e. The van der Waals surface area contributed by atoms with Crippen LogP contribution < -0.4 is 0 Å². The molecule has 6 nitrogen and oxygen atoms in total. The molecule has 1 aliphatic rings. The van der Waals surface area contributed by atoms with Crippen LogP contribution in [0.5, 0.6) is 0 Å². The lowest BCUT2D eigenvalue weighted by molar-refractivity contribution is -0.130. The molecule has 30 heavy (non-hydrogen) atoms. The smallest absolute Gasteiger partial charge is 0.236 e. The van der Waals surface area contributed by atoms with Gasteiger partial charge >= 0.3 is 0 Å². The van der Waals surface area contributed by atoms with E-state index >= 15 is 0 Å². The van der Waals surface area contributed by atoms with Crippen molar-refractivity contribution in [3.63, 3.8) is 0 Å². The van der Waals surface area contributed by atoms with E-state index in [2.05, 4.69) is 0 Å². The normalized spacial score (nSPS) is 14.2. The van der Waals surface area contributed by atoms with Gasteiger partial charge in [0.25, 0.3) is 0 Å². The minimum absolute atomic E-state index is 0. The van der Waals surface area contributed by atoms with E-state index in [4.69, 9.17) is 16.0 Å². The van der Waals surface area contributed by atoms with Gasteiger partial charge in [0.2, 0.25) is 15.7 Å². The summed E-state index contributed by atoms with van der Waals surface area (Å²) in [5.74, 6) is 0.816. The zero-order valence-electron chi connectivity index (χ0n) is 16.6. The minimum atomic E-state index is -3.70. The third-order valence-corrected chi connectivity index (χ3v) is 7.19. The van der Waals surface area contributed by atoms with Crippen molar-refractivity contribution in [1.29, 1.82) is 0 Å². The van der Waals surface area contributed by atoms with E-state index in [9.17, 15) is 13.2 Å². The highest BCUT2D eigenvalue weighted by Gasteiger charge is 2.27. The number of sulfone groups is 1. The summed E-state index contributed by atoms with van der Waals surface area (Å²) in [7, 11) is -0.246. The Bertz CT molecular complexity index is 1190. The molecule has 1 aliphatic heterocycles. The molecular formula is C21H22Cl2N2O4S. The average molecular weight is 469 g/mol.